The van der Waals surface area contributed by atoms with Crippen LogP contribution >= 0.6 is 31.9 Å². The lowest BCUT2D eigenvalue weighted by molar-refractivity contribution is 0.659. The summed E-state index contributed by atoms with van der Waals surface area (Å²) in [5, 5.41) is 1.20. The van der Waals surface area contributed by atoms with Crippen molar-refractivity contribution in [2.24, 2.45) is 0 Å². The van der Waals surface area contributed by atoms with E-state index in [0.717, 1.165) is 8.95 Å². The molecule has 3 aromatic rings. The van der Waals surface area contributed by atoms with E-state index in [0.29, 0.717) is 21.9 Å². The van der Waals surface area contributed by atoms with Gasteiger partial charge in [-0.2, -0.15) is 0 Å². The number of fused-ring (bicyclic) bond motifs is 2. The second-order valence-electron chi connectivity index (χ2n) is 3.71. The van der Waals surface area contributed by atoms with Gasteiger partial charge in [-0.25, -0.2) is 0 Å². The summed E-state index contributed by atoms with van der Waals surface area (Å²) >= 11 is 6.73. The van der Waals surface area contributed by atoms with Crippen LogP contribution in [0.3, 0.4) is 0 Å². The topological polar surface area (TPSA) is 30.2 Å². The van der Waals surface area contributed by atoms with E-state index in [1.807, 2.05) is 26.0 Å². The maximum atomic E-state index is 12.2. The minimum absolute atomic E-state index is 0.00116. The van der Waals surface area contributed by atoms with Crippen LogP contribution in [0.2, 0.25) is 0 Å². The van der Waals surface area contributed by atoms with Crippen molar-refractivity contribution in [1.82, 2.24) is 0 Å². The molecule has 0 amide bonds. The van der Waals surface area contributed by atoms with Crippen LogP contribution in [0.4, 0.5) is 0 Å². The average Bonchev–Trinajstić information content (AvgIpc) is 2.40. The zero-order chi connectivity index (χ0) is 14.0. The van der Waals surface area contributed by atoms with Crippen LogP contribution in [-0.2, 0) is 0 Å². The highest BCUT2D eigenvalue weighted by Crippen LogP contribution is 2.24. The Morgan fingerprint density at radius 2 is 1.26 bits per heavy atom. The molecule has 0 aliphatic heterocycles. The highest BCUT2D eigenvalue weighted by atomic mass is 79.9. The smallest absolute Gasteiger partial charge is 0.200 e. The Bertz CT molecular complexity index is 728. The van der Waals surface area contributed by atoms with Crippen LogP contribution in [-0.4, -0.2) is 0 Å². The molecule has 0 aliphatic rings. The summed E-state index contributed by atoms with van der Waals surface area (Å²) in [5.74, 6) is 0. The molecule has 4 heteroatoms. The molecule has 0 saturated heterocycles. The zero-order valence-corrected chi connectivity index (χ0v) is 13.7. The van der Waals surface area contributed by atoms with Gasteiger partial charge in [-0.05, 0) is 36.4 Å². The largest absolute Gasteiger partial charge is 0.456 e. The molecule has 2 nitrogen and oxygen atoms in total. The molecule has 19 heavy (non-hydrogen) atoms. The molecular weight excluding hydrogens is 372 g/mol. The van der Waals surface area contributed by atoms with Gasteiger partial charge in [0.1, 0.15) is 11.2 Å². The molecule has 0 radical (unpaired) electrons. The summed E-state index contributed by atoms with van der Waals surface area (Å²) in [4.78, 5) is 12.2. The van der Waals surface area contributed by atoms with E-state index in [1.54, 1.807) is 24.3 Å². The fraction of sp³-hybridized carbons (Fsp3) is 0.133. The van der Waals surface area contributed by atoms with Crippen LogP contribution in [0.5, 0.6) is 0 Å². The summed E-state index contributed by atoms with van der Waals surface area (Å²) in [6, 6.07) is 10.8. The Morgan fingerprint density at radius 3 is 1.68 bits per heavy atom. The van der Waals surface area contributed by atoms with E-state index in [-0.39, 0.29) is 5.43 Å². The molecule has 1 heterocycles. The predicted octanol–water partition coefficient (Wildman–Crippen LogP) is 5.50. The quantitative estimate of drug-likeness (QED) is 0.480. The molecule has 0 fully saturated rings. The Kier molecular flexibility index (Phi) is 4.42. The number of hydrogen-bond donors (Lipinski definition) is 0. The lowest BCUT2D eigenvalue weighted by Gasteiger charge is -2.02. The van der Waals surface area contributed by atoms with Crippen molar-refractivity contribution in [3.8, 4) is 0 Å². The monoisotopic (exact) mass is 382 g/mol. The number of hydrogen-bond acceptors (Lipinski definition) is 2. The molecule has 0 spiro atoms. The third-order valence-corrected chi connectivity index (χ3v) is 3.58. The molecule has 0 N–H and O–H groups in total. The minimum Gasteiger partial charge on any atom is -0.456 e. The number of rotatable bonds is 0. The van der Waals surface area contributed by atoms with Crippen LogP contribution in [0.15, 0.2) is 54.6 Å². The van der Waals surface area contributed by atoms with Gasteiger partial charge >= 0.3 is 0 Å². The Hall–Kier alpha value is -1.13. The van der Waals surface area contributed by atoms with Crippen molar-refractivity contribution < 1.29 is 4.42 Å². The number of halogens is 2. The molecule has 0 atom stereocenters. The second-order valence-corrected chi connectivity index (χ2v) is 5.54. The van der Waals surface area contributed by atoms with E-state index in [1.165, 1.54) is 0 Å². The fourth-order valence-corrected chi connectivity index (χ4v) is 2.48. The predicted molar refractivity (Wildman–Crippen MR) is 86.7 cm³/mol. The summed E-state index contributed by atoms with van der Waals surface area (Å²) in [5.41, 5.74) is 1.19. The summed E-state index contributed by atoms with van der Waals surface area (Å²) in [6.07, 6.45) is 0. The Labute approximate surface area is 127 Å². The summed E-state index contributed by atoms with van der Waals surface area (Å²) in [6.45, 7) is 4.00. The van der Waals surface area contributed by atoms with Crippen molar-refractivity contribution in [2.75, 3.05) is 0 Å². The van der Waals surface area contributed by atoms with Gasteiger partial charge in [0.2, 0.25) is 5.43 Å². The van der Waals surface area contributed by atoms with Crippen molar-refractivity contribution in [2.45, 2.75) is 13.8 Å². The van der Waals surface area contributed by atoms with E-state index in [9.17, 15) is 4.79 Å². The van der Waals surface area contributed by atoms with Gasteiger partial charge in [0.15, 0.2) is 0 Å². The maximum absolute atomic E-state index is 12.2. The molecule has 98 valence electrons. The molecule has 0 saturated carbocycles. The summed E-state index contributed by atoms with van der Waals surface area (Å²) < 4.78 is 7.51. The van der Waals surface area contributed by atoms with Gasteiger partial charge in [0, 0.05) is 8.95 Å². The molecule has 1 aromatic heterocycles. The SMILES string of the molecule is CC.O=c1c2ccc(Br)cc2oc2cc(Br)ccc12. The van der Waals surface area contributed by atoms with Crippen molar-refractivity contribution >= 4 is 53.8 Å². The molecule has 0 bridgehead atoms. The summed E-state index contributed by atoms with van der Waals surface area (Å²) in [7, 11) is 0. The standard InChI is InChI=1S/C13H6Br2O2.C2H6/c14-7-1-3-9-11(5-7)17-12-6-8(15)2-4-10(12)13(9)16;1-2/h1-6H;1-2H3. The van der Waals surface area contributed by atoms with E-state index < -0.39 is 0 Å². The zero-order valence-electron chi connectivity index (χ0n) is 10.5. The van der Waals surface area contributed by atoms with Gasteiger partial charge in [0.05, 0.1) is 10.8 Å². The van der Waals surface area contributed by atoms with Gasteiger partial charge in [0.25, 0.3) is 0 Å². The first kappa shape index (κ1) is 14.3. The van der Waals surface area contributed by atoms with Gasteiger partial charge < -0.3 is 4.42 Å². The minimum atomic E-state index is 0.00116. The van der Waals surface area contributed by atoms with Crippen molar-refractivity contribution in [3.05, 3.63) is 55.6 Å². The van der Waals surface area contributed by atoms with Gasteiger partial charge in [-0.1, -0.05) is 45.7 Å². The Morgan fingerprint density at radius 1 is 0.842 bits per heavy atom. The first-order valence-electron chi connectivity index (χ1n) is 5.97. The highest BCUT2D eigenvalue weighted by molar-refractivity contribution is 9.10. The van der Waals surface area contributed by atoms with Crippen molar-refractivity contribution in [3.63, 3.8) is 0 Å². The molecule has 3 rings (SSSR count). The van der Waals surface area contributed by atoms with Crippen LogP contribution in [0.1, 0.15) is 13.8 Å². The molecule has 2 aromatic carbocycles. The van der Waals surface area contributed by atoms with E-state index >= 15 is 0 Å². The third kappa shape index (κ3) is 2.74. The van der Waals surface area contributed by atoms with Gasteiger partial charge in [-0.15, -0.1) is 0 Å². The van der Waals surface area contributed by atoms with Crippen molar-refractivity contribution in [1.29, 1.82) is 0 Å². The van der Waals surface area contributed by atoms with Crippen LogP contribution < -0.4 is 5.43 Å². The van der Waals surface area contributed by atoms with Crippen LogP contribution in [0.25, 0.3) is 21.9 Å². The van der Waals surface area contributed by atoms with Gasteiger partial charge in [-0.3, -0.25) is 4.79 Å². The third-order valence-electron chi connectivity index (χ3n) is 2.60. The number of benzene rings is 2. The second kappa shape index (κ2) is 5.88. The molecule has 0 aliphatic carbocycles. The van der Waals surface area contributed by atoms with E-state index in [2.05, 4.69) is 31.9 Å². The lowest BCUT2D eigenvalue weighted by Crippen LogP contribution is -2.01. The molecule has 0 unspecified atom stereocenters. The average molecular weight is 384 g/mol. The highest BCUT2D eigenvalue weighted by Gasteiger charge is 2.07. The van der Waals surface area contributed by atoms with Crippen LogP contribution in [0, 0.1) is 0 Å². The van der Waals surface area contributed by atoms with E-state index in [4.69, 9.17) is 4.42 Å². The first-order chi connectivity index (χ1) is 9.15. The normalized spacial score (nSPS) is 10.3. The first-order valence-corrected chi connectivity index (χ1v) is 7.55. The molecular formula is C15H12Br2O2. The maximum Gasteiger partial charge on any atom is 0.200 e. The Balaban J connectivity index is 0.000000637. The lowest BCUT2D eigenvalue weighted by atomic mass is 10.1. The fourth-order valence-electron chi connectivity index (χ4n) is 1.80.